The molecule has 0 radical (unpaired) electrons. The summed E-state index contributed by atoms with van der Waals surface area (Å²) in [6.45, 7) is 11.9. The van der Waals surface area contributed by atoms with Crippen LogP contribution in [-0.4, -0.2) is 37.6 Å². The standard InChI is InChI=1S/C47H46N9/c1-5-52-41(53(6-2)45-44(52)48-37-23-15-16-24-38(37)49-45)31-29-33-27-28-34(43(33)56(35-19-11-9-12-20-35)36-21-13-10-14-22-36)30-32-42-54(7-3)46-47(55(42)8-4)51-40-26-18-17-25-39(40)50-46/h9-26,29-32H,5-8,27-28H2,1-4H3/q+1. The van der Waals surface area contributed by atoms with Crippen LogP contribution in [0.5, 0.6) is 0 Å². The van der Waals surface area contributed by atoms with E-state index in [1.165, 1.54) is 16.8 Å². The van der Waals surface area contributed by atoms with Gasteiger partial charge < -0.3 is 14.7 Å². The molecule has 278 valence electrons. The van der Waals surface area contributed by atoms with Crippen LogP contribution >= 0.6 is 0 Å². The Bertz CT molecular complexity index is 2560. The van der Waals surface area contributed by atoms with E-state index >= 15 is 0 Å². The lowest BCUT2D eigenvalue weighted by Crippen LogP contribution is -2.35. The molecule has 0 bridgehead atoms. The van der Waals surface area contributed by atoms with Gasteiger partial charge in [-0.2, -0.15) is 0 Å². The van der Waals surface area contributed by atoms with Gasteiger partial charge in [0.15, 0.2) is 17.2 Å². The molecule has 0 N–H and O–H groups in total. The van der Waals surface area contributed by atoms with Crippen molar-refractivity contribution in [3.63, 3.8) is 0 Å². The van der Waals surface area contributed by atoms with Gasteiger partial charge in [-0.05, 0) is 106 Å². The molecule has 9 rings (SSSR count). The number of rotatable bonds is 10. The fraction of sp³-hybridized carbons (Fsp3) is 0.213. The smallest absolute Gasteiger partial charge is 0.310 e. The predicted molar refractivity (Wildman–Crippen MR) is 229 cm³/mol. The molecular formula is C47H46N9+. The number of anilines is 4. The summed E-state index contributed by atoms with van der Waals surface area (Å²) in [5.74, 6) is 3.99. The fourth-order valence-corrected chi connectivity index (χ4v) is 8.26. The highest BCUT2D eigenvalue weighted by Crippen LogP contribution is 2.43. The Hall–Kier alpha value is -6.61. The molecule has 3 aromatic heterocycles. The minimum Gasteiger partial charge on any atom is -0.310 e. The van der Waals surface area contributed by atoms with Crippen molar-refractivity contribution in [3.05, 3.63) is 156 Å². The number of nitrogens with zero attached hydrogens (tertiary/aromatic N) is 9. The summed E-state index contributed by atoms with van der Waals surface area (Å²) in [6.07, 6.45) is 11.0. The van der Waals surface area contributed by atoms with Crippen molar-refractivity contribution >= 4 is 62.4 Å². The van der Waals surface area contributed by atoms with Gasteiger partial charge in [0.1, 0.15) is 11.3 Å². The Balaban J connectivity index is 1.21. The number of para-hydroxylation sites is 6. The van der Waals surface area contributed by atoms with Gasteiger partial charge in [-0.25, -0.2) is 24.1 Å². The highest BCUT2D eigenvalue weighted by atomic mass is 15.4. The van der Waals surface area contributed by atoms with Crippen molar-refractivity contribution in [2.45, 2.75) is 53.6 Å². The van der Waals surface area contributed by atoms with E-state index in [0.717, 1.165) is 107 Å². The normalized spacial score (nSPS) is 15.1. The largest absolute Gasteiger partial charge is 0.323 e. The van der Waals surface area contributed by atoms with Gasteiger partial charge in [0.2, 0.25) is 5.82 Å². The quantitative estimate of drug-likeness (QED) is 0.130. The number of aromatic nitrogens is 6. The first-order valence-corrected chi connectivity index (χ1v) is 19.8. The van der Waals surface area contributed by atoms with Crippen LogP contribution in [0.2, 0.25) is 0 Å². The zero-order valence-electron chi connectivity index (χ0n) is 32.5. The van der Waals surface area contributed by atoms with Crippen LogP contribution in [-0.2, 0) is 13.1 Å². The Kier molecular flexibility index (Phi) is 9.35. The highest BCUT2D eigenvalue weighted by Gasteiger charge is 2.33. The third-order valence-corrected chi connectivity index (χ3v) is 10.9. The highest BCUT2D eigenvalue weighted by molar-refractivity contribution is 5.86. The Morgan fingerprint density at radius 2 is 1.12 bits per heavy atom. The van der Waals surface area contributed by atoms with Crippen LogP contribution in [0.1, 0.15) is 46.4 Å². The summed E-state index contributed by atoms with van der Waals surface area (Å²) >= 11 is 0. The third kappa shape index (κ3) is 6.00. The second-order valence-corrected chi connectivity index (χ2v) is 14.0. The molecule has 0 unspecified atom stereocenters. The monoisotopic (exact) mass is 736 g/mol. The summed E-state index contributed by atoms with van der Waals surface area (Å²) < 4.78 is 4.58. The predicted octanol–water partition coefficient (Wildman–Crippen LogP) is 9.89. The van der Waals surface area contributed by atoms with E-state index in [1.54, 1.807) is 0 Å². The number of imidazole rings is 1. The first-order chi connectivity index (χ1) is 27.6. The topological polar surface area (TPSA) is 70.1 Å². The van der Waals surface area contributed by atoms with Crippen molar-refractivity contribution in [3.8, 4) is 0 Å². The van der Waals surface area contributed by atoms with Crippen molar-refractivity contribution in [1.29, 1.82) is 0 Å². The van der Waals surface area contributed by atoms with Gasteiger partial charge in [-0.1, -0.05) is 77.8 Å². The molecular weight excluding hydrogens is 691 g/mol. The fourth-order valence-electron chi connectivity index (χ4n) is 8.26. The van der Waals surface area contributed by atoms with E-state index in [4.69, 9.17) is 19.9 Å². The molecule has 2 aliphatic rings. The third-order valence-electron chi connectivity index (χ3n) is 10.9. The van der Waals surface area contributed by atoms with Gasteiger partial charge >= 0.3 is 5.65 Å². The molecule has 0 spiro atoms. The van der Waals surface area contributed by atoms with Crippen molar-refractivity contribution in [1.82, 2.24) is 24.5 Å². The van der Waals surface area contributed by atoms with E-state index < -0.39 is 0 Å². The Morgan fingerprint density at radius 3 is 1.66 bits per heavy atom. The second-order valence-electron chi connectivity index (χ2n) is 14.0. The number of benzene rings is 4. The minimum atomic E-state index is 0.782. The molecule has 1 aliphatic carbocycles. The maximum absolute atomic E-state index is 5.10. The van der Waals surface area contributed by atoms with E-state index in [1.807, 2.05) is 48.5 Å². The van der Waals surface area contributed by atoms with Crippen molar-refractivity contribution in [2.75, 3.05) is 27.8 Å². The molecule has 0 atom stereocenters. The molecule has 1 aliphatic heterocycles. The van der Waals surface area contributed by atoms with E-state index in [2.05, 4.69) is 136 Å². The summed E-state index contributed by atoms with van der Waals surface area (Å²) in [5, 5.41) is 0. The first-order valence-electron chi connectivity index (χ1n) is 19.8. The molecule has 4 heterocycles. The average molecular weight is 737 g/mol. The average Bonchev–Trinajstić information content (AvgIpc) is 3.88. The first kappa shape index (κ1) is 35.1. The number of fused-ring (bicyclic) bond motifs is 4. The van der Waals surface area contributed by atoms with E-state index in [-0.39, 0.29) is 0 Å². The number of aryl methyl sites for hydroxylation is 2. The van der Waals surface area contributed by atoms with Crippen LogP contribution in [0.4, 0.5) is 23.0 Å². The summed E-state index contributed by atoms with van der Waals surface area (Å²) in [5.41, 5.74) is 11.4. The SMILES string of the molecule is CCN1C(=C/C=C2\CCC(/C=C/c3n(CC)c4nc5ccccc5nc4[n+]3CC)=C2N(c2ccccc2)c2ccccc2)N(CC)c2nc3ccccc3nc21. The molecule has 4 aromatic carbocycles. The molecule has 0 saturated carbocycles. The summed E-state index contributed by atoms with van der Waals surface area (Å²) in [6, 6.07) is 37.7. The lowest BCUT2D eigenvalue weighted by molar-refractivity contribution is -0.672. The van der Waals surface area contributed by atoms with Crippen LogP contribution < -0.4 is 19.3 Å². The number of allylic oxidation sites excluding steroid dienone is 5. The number of hydrogen-bond donors (Lipinski definition) is 0. The maximum atomic E-state index is 5.10. The molecule has 0 amide bonds. The van der Waals surface area contributed by atoms with Crippen LogP contribution in [0.3, 0.4) is 0 Å². The molecule has 9 heteroatoms. The van der Waals surface area contributed by atoms with E-state index in [0.29, 0.717) is 0 Å². The zero-order chi connectivity index (χ0) is 38.2. The van der Waals surface area contributed by atoms with Crippen molar-refractivity contribution < 1.29 is 4.57 Å². The van der Waals surface area contributed by atoms with Crippen molar-refractivity contribution in [2.24, 2.45) is 0 Å². The minimum absolute atomic E-state index is 0.782. The van der Waals surface area contributed by atoms with Crippen LogP contribution in [0, 0.1) is 0 Å². The second kappa shape index (κ2) is 14.9. The summed E-state index contributed by atoms with van der Waals surface area (Å²) in [4.78, 5) is 27.4. The summed E-state index contributed by atoms with van der Waals surface area (Å²) in [7, 11) is 0. The molecule has 9 nitrogen and oxygen atoms in total. The lowest BCUT2D eigenvalue weighted by atomic mass is 10.1. The Morgan fingerprint density at radius 1 is 0.589 bits per heavy atom. The van der Waals surface area contributed by atoms with Crippen LogP contribution in [0.25, 0.3) is 39.4 Å². The van der Waals surface area contributed by atoms with Crippen LogP contribution in [0.15, 0.2) is 150 Å². The maximum Gasteiger partial charge on any atom is 0.323 e. The molecule has 56 heavy (non-hydrogen) atoms. The lowest BCUT2D eigenvalue weighted by Gasteiger charge is -2.28. The Labute approximate surface area is 327 Å². The molecule has 0 saturated heterocycles. The van der Waals surface area contributed by atoms with Gasteiger partial charge in [0.25, 0.3) is 5.65 Å². The molecule has 0 fully saturated rings. The van der Waals surface area contributed by atoms with E-state index in [9.17, 15) is 0 Å². The zero-order valence-corrected chi connectivity index (χ0v) is 32.5. The van der Waals surface area contributed by atoms with Gasteiger partial charge in [-0.15, -0.1) is 0 Å². The van der Waals surface area contributed by atoms with Gasteiger partial charge in [0.05, 0.1) is 29.8 Å². The molecule has 7 aromatic rings. The van der Waals surface area contributed by atoms with Gasteiger partial charge in [0, 0.05) is 30.5 Å². The van der Waals surface area contributed by atoms with Gasteiger partial charge in [-0.3, -0.25) is 0 Å². The number of hydrogen-bond acceptors (Lipinski definition) is 7.